The van der Waals surface area contributed by atoms with E-state index in [1.807, 2.05) is 37.6 Å². The first-order chi connectivity index (χ1) is 18.5. The summed E-state index contributed by atoms with van der Waals surface area (Å²) in [4.78, 5) is 27.2. The summed E-state index contributed by atoms with van der Waals surface area (Å²) in [5.41, 5.74) is 4.53. The van der Waals surface area contributed by atoms with Crippen LogP contribution in [0.3, 0.4) is 0 Å². The van der Waals surface area contributed by atoms with E-state index >= 15 is 0 Å². The van der Waals surface area contributed by atoms with Gasteiger partial charge in [-0.1, -0.05) is 11.6 Å². The number of benzene rings is 1. The van der Waals surface area contributed by atoms with Crippen LogP contribution in [-0.2, 0) is 13.1 Å². The van der Waals surface area contributed by atoms with Crippen molar-refractivity contribution in [1.82, 2.24) is 19.4 Å². The smallest absolute Gasteiger partial charge is 0.193 e. The Bertz CT molecular complexity index is 1530. The molecule has 3 aromatic heterocycles. The Morgan fingerprint density at radius 1 is 1.13 bits per heavy atom. The van der Waals surface area contributed by atoms with Crippen LogP contribution < -0.4 is 10.3 Å². The van der Waals surface area contributed by atoms with Crippen LogP contribution in [0.2, 0.25) is 5.02 Å². The molecule has 0 unspecified atom stereocenters. The third-order valence-corrected chi connectivity index (χ3v) is 8.02. The number of pyridine rings is 3. The maximum absolute atomic E-state index is 14.5. The lowest BCUT2D eigenvalue weighted by Crippen LogP contribution is -2.48. The van der Waals surface area contributed by atoms with Crippen molar-refractivity contribution in [2.45, 2.75) is 57.8 Å². The molecule has 1 atom stereocenters. The van der Waals surface area contributed by atoms with E-state index in [0.29, 0.717) is 35.6 Å². The van der Waals surface area contributed by atoms with E-state index in [9.17, 15) is 9.18 Å². The van der Waals surface area contributed by atoms with Crippen molar-refractivity contribution in [2.75, 3.05) is 18.0 Å². The summed E-state index contributed by atoms with van der Waals surface area (Å²) in [5, 5.41) is 0.447. The molecule has 204 valence electrons. The molecule has 6 rings (SSSR count). The monoisotopic (exact) mass is 565 g/mol. The normalized spacial score (nSPS) is 17.4. The minimum absolute atomic E-state index is 0. The number of nitrogens with zero attached hydrogens (tertiary/aromatic N) is 5. The van der Waals surface area contributed by atoms with Gasteiger partial charge in [-0.3, -0.25) is 19.7 Å². The highest BCUT2D eigenvalue weighted by Gasteiger charge is 2.29. The number of anilines is 1. The molecule has 4 heterocycles. The molecular formula is C30H33ClFN5OS. The summed E-state index contributed by atoms with van der Waals surface area (Å²) in [7, 11) is 0. The Kier molecular flexibility index (Phi) is 8.26. The summed E-state index contributed by atoms with van der Waals surface area (Å²) in [5.74, 6) is -0.556. The number of aryl methyl sites for hydroxylation is 1. The largest absolute Gasteiger partial charge is 0.369 e. The van der Waals surface area contributed by atoms with E-state index in [1.54, 1.807) is 12.3 Å². The summed E-state index contributed by atoms with van der Waals surface area (Å²) in [6.45, 7) is 5.01. The third-order valence-electron chi connectivity index (χ3n) is 7.73. The van der Waals surface area contributed by atoms with E-state index in [-0.39, 0.29) is 30.0 Å². The topological polar surface area (TPSA) is 54.3 Å². The molecule has 1 saturated heterocycles. The highest BCUT2D eigenvalue weighted by atomic mass is 35.5. The molecule has 1 aromatic carbocycles. The van der Waals surface area contributed by atoms with Crippen LogP contribution in [0.5, 0.6) is 0 Å². The molecule has 1 aliphatic heterocycles. The van der Waals surface area contributed by atoms with Crippen LogP contribution in [0.15, 0.2) is 66.0 Å². The zero-order valence-corrected chi connectivity index (χ0v) is 23.7. The van der Waals surface area contributed by atoms with Gasteiger partial charge >= 0.3 is 0 Å². The fourth-order valence-electron chi connectivity index (χ4n) is 5.67. The second-order valence-electron chi connectivity index (χ2n) is 10.6. The molecule has 0 amide bonds. The van der Waals surface area contributed by atoms with Gasteiger partial charge in [-0.25, -0.2) is 4.39 Å². The second kappa shape index (κ2) is 11.7. The van der Waals surface area contributed by atoms with Crippen LogP contribution >= 0.6 is 25.1 Å². The average Bonchev–Trinajstić information content (AvgIpc) is 3.77. The molecule has 2 aliphatic rings. The van der Waals surface area contributed by atoms with Gasteiger partial charge < -0.3 is 9.47 Å². The van der Waals surface area contributed by atoms with Crippen molar-refractivity contribution in [3.8, 4) is 0 Å². The predicted octanol–water partition coefficient (Wildman–Crippen LogP) is 6.01. The molecule has 1 saturated carbocycles. The standard InChI is InChI=1S/C30H31ClFN5O.H2S/c1-20-12-21(8-10-34-20)16-36(25-5-3-11-35(19-25)24-4-2-9-33-15-24)17-22-18-37(23-6-7-23)29-14-27(31)28(32)13-26(29)30(22)38;/h2,4,8-10,12-15,18,23,25H,3,5-7,11,16-17,19H2,1H3;1H2/t25-;/m0./s1. The minimum Gasteiger partial charge on any atom is -0.369 e. The molecule has 0 radical (unpaired) electrons. The van der Waals surface area contributed by atoms with Gasteiger partial charge in [0.15, 0.2) is 5.43 Å². The van der Waals surface area contributed by atoms with Crippen molar-refractivity contribution in [3.63, 3.8) is 0 Å². The predicted molar refractivity (Wildman–Crippen MR) is 160 cm³/mol. The van der Waals surface area contributed by atoms with Gasteiger partial charge in [-0.05, 0) is 74.6 Å². The molecule has 0 spiro atoms. The van der Waals surface area contributed by atoms with Crippen molar-refractivity contribution in [2.24, 2.45) is 0 Å². The summed E-state index contributed by atoms with van der Waals surface area (Å²) < 4.78 is 16.6. The van der Waals surface area contributed by atoms with Crippen molar-refractivity contribution in [1.29, 1.82) is 0 Å². The fraction of sp³-hybridized carbons (Fsp3) is 0.367. The number of rotatable bonds is 7. The number of halogens is 2. The van der Waals surface area contributed by atoms with Gasteiger partial charge in [0.2, 0.25) is 0 Å². The Balaban J connectivity index is 0.00000308. The Hall–Kier alpha value is -2.94. The fourth-order valence-corrected chi connectivity index (χ4v) is 5.82. The van der Waals surface area contributed by atoms with Crippen molar-refractivity contribution < 1.29 is 4.39 Å². The Labute approximate surface area is 239 Å². The van der Waals surface area contributed by atoms with Crippen LogP contribution in [0, 0.1) is 12.7 Å². The zero-order valence-electron chi connectivity index (χ0n) is 22.0. The Morgan fingerprint density at radius 2 is 1.97 bits per heavy atom. The molecule has 0 bridgehead atoms. The molecule has 6 nitrogen and oxygen atoms in total. The van der Waals surface area contributed by atoms with Crippen LogP contribution in [-0.4, -0.2) is 38.6 Å². The lowest BCUT2D eigenvalue weighted by atomic mass is 10.0. The highest BCUT2D eigenvalue weighted by Crippen LogP contribution is 2.38. The highest BCUT2D eigenvalue weighted by molar-refractivity contribution is 7.59. The third kappa shape index (κ3) is 5.98. The van der Waals surface area contributed by atoms with Gasteiger partial charge in [0.05, 0.1) is 22.4 Å². The van der Waals surface area contributed by atoms with Gasteiger partial charge in [-0.2, -0.15) is 13.5 Å². The van der Waals surface area contributed by atoms with Gasteiger partial charge in [-0.15, -0.1) is 0 Å². The maximum atomic E-state index is 14.5. The van der Waals surface area contributed by atoms with Gasteiger partial charge in [0.25, 0.3) is 0 Å². The lowest BCUT2D eigenvalue weighted by Gasteiger charge is -2.40. The summed E-state index contributed by atoms with van der Waals surface area (Å²) in [6.07, 6.45) is 11.7. The number of hydrogen-bond donors (Lipinski definition) is 0. The first-order valence-corrected chi connectivity index (χ1v) is 13.7. The van der Waals surface area contributed by atoms with E-state index < -0.39 is 5.82 Å². The zero-order chi connectivity index (χ0) is 26.2. The average molecular weight is 566 g/mol. The molecule has 9 heteroatoms. The quantitative estimate of drug-likeness (QED) is 0.275. The number of aromatic nitrogens is 3. The van der Waals surface area contributed by atoms with E-state index in [4.69, 9.17) is 11.6 Å². The first kappa shape index (κ1) is 27.6. The van der Waals surface area contributed by atoms with E-state index in [2.05, 4.69) is 36.5 Å². The van der Waals surface area contributed by atoms with E-state index in [0.717, 1.165) is 55.7 Å². The van der Waals surface area contributed by atoms with Crippen LogP contribution in [0.1, 0.15) is 48.5 Å². The molecule has 0 N–H and O–H groups in total. The first-order valence-electron chi connectivity index (χ1n) is 13.3. The number of piperidine rings is 1. The Morgan fingerprint density at radius 3 is 2.72 bits per heavy atom. The minimum atomic E-state index is -0.556. The second-order valence-corrected chi connectivity index (χ2v) is 11.0. The lowest BCUT2D eigenvalue weighted by molar-refractivity contribution is 0.158. The maximum Gasteiger partial charge on any atom is 0.193 e. The molecule has 1 aliphatic carbocycles. The van der Waals surface area contributed by atoms with Gasteiger partial charge in [0.1, 0.15) is 5.82 Å². The number of fused-ring (bicyclic) bond motifs is 1. The molecule has 2 fully saturated rings. The van der Waals surface area contributed by atoms with Crippen LogP contribution in [0.4, 0.5) is 10.1 Å². The summed E-state index contributed by atoms with van der Waals surface area (Å²) >= 11 is 6.12. The molecule has 39 heavy (non-hydrogen) atoms. The van der Waals surface area contributed by atoms with Crippen molar-refractivity contribution in [3.05, 3.63) is 99.1 Å². The van der Waals surface area contributed by atoms with Crippen molar-refractivity contribution >= 4 is 41.7 Å². The molecular weight excluding hydrogens is 533 g/mol. The SMILES string of the molecule is Cc1cc(CN(Cc2cn(C3CC3)c3cc(Cl)c(F)cc3c2=O)[C@H]2CCCN(c3cccnc3)C2)ccn1.S. The number of hydrogen-bond acceptors (Lipinski definition) is 5. The van der Waals surface area contributed by atoms with E-state index in [1.165, 1.54) is 6.07 Å². The molecule has 4 aromatic rings. The van der Waals surface area contributed by atoms with Crippen LogP contribution in [0.25, 0.3) is 10.9 Å². The summed E-state index contributed by atoms with van der Waals surface area (Å²) in [6, 6.07) is 11.7. The van der Waals surface area contributed by atoms with Gasteiger partial charge in [0, 0.05) is 73.5 Å².